The summed E-state index contributed by atoms with van der Waals surface area (Å²) in [7, 11) is 0. The Hall–Kier alpha value is -1.53. The summed E-state index contributed by atoms with van der Waals surface area (Å²) in [5, 5.41) is 32.2. The van der Waals surface area contributed by atoms with Crippen LogP contribution in [0.2, 0.25) is 0 Å². The van der Waals surface area contributed by atoms with Gasteiger partial charge in [-0.15, -0.1) is 0 Å². The zero-order chi connectivity index (χ0) is 16.8. The van der Waals surface area contributed by atoms with Crippen molar-refractivity contribution in [1.29, 1.82) is 0 Å². The highest BCUT2D eigenvalue weighted by atomic mass is 19.4. The molecule has 0 aliphatic carbocycles. The van der Waals surface area contributed by atoms with Crippen molar-refractivity contribution in [3.63, 3.8) is 0 Å². The fraction of sp³-hybridized carbons (Fsp3) is 0.667. The summed E-state index contributed by atoms with van der Waals surface area (Å²) in [5.74, 6) is -0.0511. The van der Waals surface area contributed by atoms with Crippen LogP contribution in [0.3, 0.4) is 0 Å². The van der Waals surface area contributed by atoms with E-state index in [0.717, 1.165) is 6.20 Å². The number of fused-ring (bicyclic) bond motifs is 2. The van der Waals surface area contributed by atoms with Crippen molar-refractivity contribution in [2.75, 3.05) is 18.5 Å². The molecule has 3 heterocycles. The van der Waals surface area contributed by atoms with Gasteiger partial charge in [0, 0.05) is 0 Å². The Morgan fingerprint density at radius 1 is 1.30 bits per heavy atom. The number of aliphatic hydroxyl groups is 3. The first-order valence-electron chi connectivity index (χ1n) is 6.69. The minimum absolute atomic E-state index is 0.0511. The number of nitrogens with zero attached hydrogens (tertiary/aromatic N) is 2. The molecule has 8 nitrogen and oxygen atoms in total. The van der Waals surface area contributed by atoms with Crippen molar-refractivity contribution in [2.45, 2.75) is 36.3 Å². The number of aromatic nitrogens is 2. The third-order valence-corrected chi connectivity index (χ3v) is 3.89. The molecule has 128 valence electrons. The molecular formula is C12H14F3N3O5. The molecule has 0 spiro atoms. The smallest absolute Gasteiger partial charge is 0.393 e. The van der Waals surface area contributed by atoms with Crippen molar-refractivity contribution < 1.29 is 38.0 Å². The first-order chi connectivity index (χ1) is 10.8. The molecule has 0 unspecified atom stereocenters. The fourth-order valence-corrected chi connectivity index (χ4v) is 2.57. The van der Waals surface area contributed by atoms with Gasteiger partial charge in [0.15, 0.2) is 12.0 Å². The molecule has 0 amide bonds. The summed E-state index contributed by atoms with van der Waals surface area (Å²) in [6.45, 7) is -0.669. The average Bonchev–Trinajstić information content (AvgIpc) is 2.92. The Morgan fingerprint density at radius 2 is 2.04 bits per heavy atom. The van der Waals surface area contributed by atoms with Gasteiger partial charge in [0.2, 0.25) is 0 Å². The van der Waals surface area contributed by atoms with Gasteiger partial charge in [-0.1, -0.05) is 0 Å². The molecule has 2 bridgehead atoms. The predicted molar refractivity (Wildman–Crippen MR) is 67.1 cm³/mol. The maximum absolute atomic E-state index is 12.4. The summed E-state index contributed by atoms with van der Waals surface area (Å²) in [6, 6.07) is -0.988. The van der Waals surface area contributed by atoms with Gasteiger partial charge in [-0.2, -0.15) is 13.2 Å². The predicted octanol–water partition coefficient (Wildman–Crippen LogP) is -0.885. The van der Waals surface area contributed by atoms with E-state index in [0.29, 0.717) is 6.20 Å². The van der Waals surface area contributed by atoms with Crippen LogP contribution in [0.5, 0.6) is 0 Å². The molecule has 5 atom stereocenters. The van der Waals surface area contributed by atoms with Gasteiger partial charge in [0.05, 0.1) is 25.6 Å². The van der Waals surface area contributed by atoms with Gasteiger partial charge < -0.3 is 30.1 Å². The second-order valence-electron chi connectivity index (χ2n) is 5.41. The minimum atomic E-state index is -4.61. The largest absolute Gasteiger partial charge is 0.434 e. The van der Waals surface area contributed by atoms with E-state index in [-0.39, 0.29) is 12.4 Å². The van der Waals surface area contributed by atoms with Crippen molar-refractivity contribution in [3.8, 4) is 0 Å². The quantitative estimate of drug-likeness (QED) is 0.562. The monoisotopic (exact) mass is 337 g/mol. The third-order valence-electron chi connectivity index (χ3n) is 3.89. The van der Waals surface area contributed by atoms with Gasteiger partial charge in [-0.25, -0.2) is 9.97 Å². The Kier molecular flexibility index (Phi) is 3.92. The molecule has 23 heavy (non-hydrogen) atoms. The van der Waals surface area contributed by atoms with Crippen LogP contribution < -0.4 is 5.32 Å². The molecule has 1 aromatic rings. The SMILES string of the molecule is OC[C@@]12CO[C@@H](O1)[C@H](Nc1cnc(C(F)(F)F)cn1)[C@@H](O)[C@H]2O. The number of hydrogen-bond acceptors (Lipinski definition) is 8. The normalized spacial score (nSPS) is 37.0. The van der Waals surface area contributed by atoms with E-state index in [2.05, 4.69) is 15.3 Å². The van der Waals surface area contributed by atoms with Crippen LogP contribution in [-0.4, -0.2) is 68.6 Å². The van der Waals surface area contributed by atoms with E-state index in [4.69, 9.17) is 9.47 Å². The molecule has 1 aromatic heterocycles. The zero-order valence-corrected chi connectivity index (χ0v) is 11.6. The van der Waals surface area contributed by atoms with Crippen LogP contribution in [0.15, 0.2) is 12.4 Å². The van der Waals surface area contributed by atoms with E-state index in [1.807, 2.05) is 0 Å². The molecule has 2 aliphatic rings. The highest BCUT2D eigenvalue weighted by Crippen LogP contribution is 2.37. The molecule has 4 N–H and O–H groups in total. The maximum atomic E-state index is 12.4. The number of hydrogen-bond donors (Lipinski definition) is 4. The van der Waals surface area contributed by atoms with Crippen LogP contribution in [0.25, 0.3) is 0 Å². The molecule has 0 aromatic carbocycles. The molecule has 2 saturated heterocycles. The van der Waals surface area contributed by atoms with Crippen LogP contribution in [0, 0.1) is 0 Å². The lowest BCUT2D eigenvalue weighted by atomic mass is 9.88. The molecule has 3 rings (SSSR count). The van der Waals surface area contributed by atoms with E-state index in [1.54, 1.807) is 0 Å². The second-order valence-corrected chi connectivity index (χ2v) is 5.41. The van der Waals surface area contributed by atoms with Gasteiger partial charge in [0.25, 0.3) is 0 Å². The minimum Gasteiger partial charge on any atom is -0.393 e. The number of nitrogens with one attached hydrogen (secondary N) is 1. The van der Waals surface area contributed by atoms with E-state index >= 15 is 0 Å². The van der Waals surface area contributed by atoms with E-state index in [1.165, 1.54) is 0 Å². The topological polar surface area (TPSA) is 117 Å². The molecule has 0 saturated carbocycles. The van der Waals surface area contributed by atoms with E-state index in [9.17, 15) is 28.5 Å². The van der Waals surface area contributed by atoms with Crippen molar-refractivity contribution in [3.05, 3.63) is 18.1 Å². The average molecular weight is 337 g/mol. The van der Waals surface area contributed by atoms with Gasteiger partial charge >= 0.3 is 6.18 Å². The molecular weight excluding hydrogens is 323 g/mol. The number of ether oxygens (including phenoxy) is 2. The second kappa shape index (κ2) is 5.53. The van der Waals surface area contributed by atoms with Gasteiger partial charge in [-0.3, -0.25) is 0 Å². The lowest BCUT2D eigenvalue weighted by molar-refractivity contribution is -0.224. The van der Waals surface area contributed by atoms with Gasteiger partial charge in [0.1, 0.15) is 29.7 Å². The fourth-order valence-electron chi connectivity index (χ4n) is 2.57. The van der Waals surface area contributed by atoms with Crippen LogP contribution in [-0.2, 0) is 15.7 Å². The third kappa shape index (κ3) is 2.74. The lowest BCUT2D eigenvalue weighted by Gasteiger charge is -2.42. The summed E-state index contributed by atoms with van der Waals surface area (Å²) in [5.41, 5.74) is -2.56. The molecule has 11 heteroatoms. The lowest BCUT2D eigenvalue weighted by Crippen LogP contribution is -2.64. The number of alkyl halides is 3. The highest BCUT2D eigenvalue weighted by Gasteiger charge is 2.59. The Labute approximate surface area is 127 Å². The van der Waals surface area contributed by atoms with Crippen LogP contribution >= 0.6 is 0 Å². The summed E-state index contributed by atoms with van der Waals surface area (Å²) < 4.78 is 48.0. The molecule has 2 fully saturated rings. The maximum Gasteiger partial charge on any atom is 0.434 e. The molecule has 2 aliphatic heterocycles. The van der Waals surface area contributed by atoms with Crippen LogP contribution in [0.1, 0.15) is 5.69 Å². The van der Waals surface area contributed by atoms with Crippen molar-refractivity contribution >= 4 is 5.82 Å². The first kappa shape index (κ1) is 16.3. The summed E-state index contributed by atoms with van der Waals surface area (Å²) >= 11 is 0. The Morgan fingerprint density at radius 3 is 2.61 bits per heavy atom. The Balaban J connectivity index is 1.76. The van der Waals surface area contributed by atoms with Crippen LogP contribution in [0.4, 0.5) is 19.0 Å². The summed E-state index contributed by atoms with van der Waals surface area (Å²) in [4.78, 5) is 6.81. The number of anilines is 1. The first-order valence-corrected chi connectivity index (χ1v) is 6.69. The van der Waals surface area contributed by atoms with Crippen molar-refractivity contribution in [1.82, 2.24) is 9.97 Å². The highest BCUT2D eigenvalue weighted by molar-refractivity contribution is 5.34. The molecule has 0 radical (unpaired) electrons. The van der Waals surface area contributed by atoms with E-state index < -0.39 is 48.6 Å². The Bertz CT molecular complexity index is 572. The van der Waals surface area contributed by atoms with Crippen molar-refractivity contribution in [2.24, 2.45) is 0 Å². The number of rotatable bonds is 3. The zero-order valence-electron chi connectivity index (χ0n) is 11.6. The standard InChI is InChI=1S/C12H14F3N3O5/c13-12(14,15)5-1-17-6(2-16-5)18-7-8(20)9(21)11(3-19)4-22-10(7)23-11/h1-2,7-10,19-21H,3-4H2,(H,17,18)/t7-,8-,9-,10+,11+/m1/s1. The number of aliphatic hydroxyl groups excluding tert-OH is 3. The summed E-state index contributed by atoms with van der Waals surface area (Å²) in [6.07, 6.45) is -7.03. The number of halogens is 3. The van der Waals surface area contributed by atoms with Gasteiger partial charge in [-0.05, 0) is 0 Å².